The van der Waals surface area contributed by atoms with Gasteiger partial charge in [-0.25, -0.2) is 0 Å². The number of rotatable bonds is 4. The highest BCUT2D eigenvalue weighted by Crippen LogP contribution is 2.06. The first-order valence-corrected chi connectivity index (χ1v) is 4.05. The summed E-state index contributed by atoms with van der Waals surface area (Å²) in [6.07, 6.45) is 1.27. The maximum absolute atomic E-state index is 8.38. The fourth-order valence-electron chi connectivity index (χ4n) is 0.881. The molecule has 1 heteroatoms. The first-order chi connectivity index (χ1) is 10.9. The van der Waals surface area contributed by atoms with Gasteiger partial charge in [-0.05, 0) is 25.9 Å². The van der Waals surface area contributed by atoms with Crippen molar-refractivity contribution >= 4 is 0 Å². The molecule has 0 saturated carbocycles. The van der Waals surface area contributed by atoms with Gasteiger partial charge >= 0.3 is 0 Å². The molecule has 14 heavy (non-hydrogen) atoms. The minimum absolute atomic E-state index is 0.177. The molecule has 74 valence electrons. The van der Waals surface area contributed by atoms with Crippen LogP contribution in [0.25, 0.3) is 0 Å². The van der Waals surface area contributed by atoms with Crippen LogP contribution >= 0.6 is 0 Å². The van der Waals surface area contributed by atoms with Crippen molar-refractivity contribution in [3.63, 3.8) is 0 Å². The Hall–Kier alpha value is -1.26. The number of terminal acetylenes is 1. The average molecular weight is 197 g/mol. The monoisotopic (exact) mass is 197 g/mol. The highest BCUT2D eigenvalue weighted by atomic mass is 15.1. The molecule has 0 radical (unpaired) electrons. The van der Waals surface area contributed by atoms with Crippen molar-refractivity contribution in [2.75, 3.05) is 13.6 Å². The molecule has 0 aliphatic carbocycles. The van der Waals surface area contributed by atoms with Gasteiger partial charge in [0.1, 0.15) is 1.37 Å². The van der Waals surface area contributed by atoms with E-state index >= 15 is 0 Å². The lowest BCUT2D eigenvalue weighted by atomic mass is 10.1. The van der Waals surface area contributed by atoms with Gasteiger partial charge in [0.05, 0.1) is 13.4 Å². The Bertz CT molecular complexity index is 658. The van der Waals surface area contributed by atoms with Gasteiger partial charge in [-0.15, -0.1) is 6.40 Å². The van der Waals surface area contributed by atoms with E-state index in [-0.39, 0.29) is 12.1 Å². The SMILES string of the molecule is [2H]C#CCN(C)[C@@]([2H])(Cc1c([2H])c([2H])c([2H])c([2H])c1[2H])C([2H])([2H])[2H]. The highest BCUT2D eigenvalue weighted by Gasteiger charge is 2.07. The molecule has 0 aromatic heterocycles. The van der Waals surface area contributed by atoms with E-state index in [9.17, 15) is 0 Å². The van der Waals surface area contributed by atoms with Crippen LogP contribution in [0.4, 0.5) is 0 Å². The maximum atomic E-state index is 8.38. The number of nitrogens with zero attached hydrogens (tertiary/aromatic N) is 1. The fourth-order valence-corrected chi connectivity index (χ4v) is 0.881. The van der Waals surface area contributed by atoms with Crippen LogP contribution in [0.5, 0.6) is 0 Å². The van der Waals surface area contributed by atoms with E-state index in [0.717, 1.165) is 4.90 Å². The second kappa shape index (κ2) is 5.47. The number of hydrogen-bond donors (Lipinski definition) is 0. The zero-order chi connectivity index (χ0) is 18.9. The summed E-state index contributed by atoms with van der Waals surface area (Å²) in [5.41, 5.74) is -0.238. The summed E-state index contributed by atoms with van der Waals surface area (Å²) >= 11 is 0. The van der Waals surface area contributed by atoms with Crippen LogP contribution in [0.2, 0.25) is 0 Å². The minimum atomic E-state index is -2.83. The van der Waals surface area contributed by atoms with Crippen molar-refractivity contribution in [3.8, 4) is 12.3 Å². The fraction of sp³-hybridized carbons (Fsp3) is 0.385. The van der Waals surface area contributed by atoms with Gasteiger partial charge in [-0.2, -0.15) is 0 Å². The molecule has 0 bridgehead atoms. The third-order valence-corrected chi connectivity index (χ3v) is 1.67. The summed E-state index contributed by atoms with van der Waals surface area (Å²) in [4.78, 5) is 1.09. The van der Waals surface area contributed by atoms with E-state index in [1.165, 1.54) is 7.05 Å². The Balaban J connectivity index is 3.48. The van der Waals surface area contributed by atoms with Crippen LogP contribution in [0.15, 0.2) is 30.2 Å². The smallest absolute Gasteiger partial charge is 0.124 e. The Kier molecular flexibility index (Phi) is 1.33. The molecule has 1 nitrogen and oxygen atoms in total. The standard InChI is InChI=1S/C13H17N/c1-4-10-14(3)12(2)11-13-8-6-5-7-9-13/h1,5-9,12H,10-11H2,2-3H3/t12-/m1/s1/i1D,2D3,5D,6D,7D,8D,9D,12D. The largest absolute Gasteiger partial charge is 0.292 e. The predicted octanol–water partition coefficient (Wildman–Crippen LogP) is 2.18. The van der Waals surface area contributed by atoms with Gasteiger partial charge in [0.15, 0.2) is 0 Å². The maximum Gasteiger partial charge on any atom is 0.124 e. The van der Waals surface area contributed by atoms with Gasteiger partial charge in [-0.3, -0.25) is 4.90 Å². The van der Waals surface area contributed by atoms with Crippen molar-refractivity contribution in [1.29, 1.82) is 0 Å². The van der Waals surface area contributed by atoms with E-state index in [4.69, 9.17) is 13.7 Å². The molecule has 0 N–H and O–H groups in total. The second-order valence-corrected chi connectivity index (χ2v) is 2.76. The van der Waals surface area contributed by atoms with Gasteiger partial charge in [0.25, 0.3) is 0 Å². The summed E-state index contributed by atoms with van der Waals surface area (Å²) in [6, 6.07) is -5.04. The second-order valence-electron chi connectivity index (χ2n) is 2.76. The number of hydrogen-bond acceptors (Lipinski definition) is 1. The Morgan fingerprint density at radius 2 is 2.50 bits per heavy atom. The van der Waals surface area contributed by atoms with E-state index in [1.54, 1.807) is 0 Å². The third-order valence-electron chi connectivity index (χ3n) is 1.67. The van der Waals surface area contributed by atoms with Crippen molar-refractivity contribution < 1.29 is 13.7 Å². The van der Waals surface area contributed by atoms with Crippen LogP contribution in [0, 0.1) is 12.3 Å². The summed E-state index contributed by atoms with van der Waals surface area (Å²) < 4.78 is 76.8. The Morgan fingerprint density at radius 1 is 1.71 bits per heavy atom. The lowest BCUT2D eigenvalue weighted by Crippen LogP contribution is -2.31. The highest BCUT2D eigenvalue weighted by molar-refractivity contribution is 5.15. The summed E-state index contributed by atoms with van der Waals surface area (Å²) in [6.45, 7) is -3.00. The van der Waals surface area contributed by atoms with Crippen molar-refractivity contribution in [2.24, 2.45) is 0 Å². The summed E-state index contributed by atoms with van der Waals surface area (Å²) in [7, 11) is 1.33. The van der Waals surface area contributed by atoms with E-state index in [1.807, 2.05) is 6.40 Å². The molecule has 0 heterocycles. The number of benzene rings is 1. The van der Waals surface area contributed by atoms with Crippen LogP contribution in [0.1, 0.15) is 26.1 Å². The molecular weight excluding hydrogens is 170 g/mol. The van der Waals surface area contributed by atoms with Gasteiger partial charge in [-0.1, -0.05) is 36.1 Å². The first kappa shape index (κ1) is 3.40. The molecule has 0 fully saturated rings. The zero-order valence-electron chi connectivity index (χ0n) is 17.9. The molecule has 1 aromatic carbocycles. The van der Waals surface area contributed by atoms with Crippen molar-refractivity contribution in [1.82, 2.24) is 4.90 Å². The van der Waals surface area contributed by atoms with Gasteiger partial charge in [0.2, 0.25) is 0 Å². The molecule has 0 amide bonds. The van der Waals surface area contributed by atoms with Crippen LogP contribution in [0.3, 0.4) is 0 Å². The Morgan fingerprint density at radius 3 is 3.14 bits per heavy atom. The average Bonchev–Trinajstić information content (AvgIpc) is 2.51. The Labute approximate surface area is 101 Å². The van der Waals surface area contributed by atoms with Gasteiger partial charge < -0.3 is 0 Å². The van der Waals surface area contributed by atoms with Crippen LogP contribution in [-0.2, 0) is 6.42 Å². The first-order valence-electron chi connectivity index (χ1n) is 9.05. The quantitative estimate of drug-likeness (QED) is 0.669. The summed E-state index contributed by atoms with van der Waals surface area (Å²) in [5, 5.41) is 0. The van der Waals surface area contributed by atoms with E-state index < -0.39 is 49.5 Å². The predicted molar refractivity (Wildman–Crippen MR) is 61.1 cm³/mol. The number of likely N-dealkylation sites (N-methyl/N-ethyl adjacent to an activating group) is 1. The topological polar surface area (TPSA) is 3.24 Å². The van der Waals surface area contributed by atoms with Crippen molar-refractivity contribution in [3.05, 3.63) is 35.8 Å². The summed E-state index contributed by atoms with van der Waals surface area (Å²) in [5.74, 6) is 2.35. The molecule has 1 rings (SSSR count). The lowest BCUT2D eigenvalue weighted by molar-refractivity contribution is 0.287. The van der Waals surface area contributed by atoms with Gasteiger partial charge in [0, 0.05) is 11.5 Å². The normalized spacial score (nSPS) is 25.3. The van der Waals surface area contributed by atoms with Crippen LogP contribution in [-0.4, -0.2) is 24.5 Å². The molecule has 0 spiro atoms. The molecule has 1 aromatic rings. The molecular formula is C13H17N. The molecule has 0 unspecified atom stereocenters. The van der Waals surface area contributed by atoms with E-state index in [0.29, 0.717) is 0 Å². The lowest BCUT2D eigenvalue weighted by Gasteiger charge is -2.22. The molecule has 0 aliphatic rings. The van der Waals surface area contributed by atoms with Crippen LogP contribution < -0.4 is 0 Å². The zero-order valence-corrected chi connectivity index (χ0v) is 7.86. The third kappa shape index (κ3) is 3.24. The minimum Gasteiger partial charge on any atom is -0.292 e. The molecule has 1 atom stereocenters. The molecule has 0 saturated heterocycles. The van der Waals surface area contributed by atoms with Crippen molar-refractivity contribution in [2.45, 2.75) is 19.3 Å². The molecule has 0 aliphatic heterocycles. The van der Waals surface area contributed by atoms with E-state index in [2.05, 4.69) is 5.92 Å².